The highest BCUT2D eigenvalue weighted by atomic mass is 19.4. The molecule has 1 saturated heterocycles. The maximum absolute atomic E-state index is 10.6. The number of aliphatic carboxylic acids is 1. The second-order valence-corrected chi connectivity index (χ2v) is 8.20. The molecule has 4 heterocycles. The minimum atomic E-state index is -5.08. The Morgan fingerprint density at radius 3 is 2.48 bits per heavy atom. The van der Waals surface area contributed by atoms with Crippen LogP contribution in [0.3, 0.4) is 0 Å². The van der Waals surface area contributed by atoms with Crippen molar-refractivity contribution in [3.05, 3.63) is 35.4 Å². The molecule has 182 valence electrons. The number of ether oxygens (including phenoxy) is 1. The first kappa shape index (κ1) is 24.9. The van der Waals surface area contributed by atoms with Crippen LogP contribution in [-0.4, -0.2) is 67.7 Å². The van der Waals surface area contributed by atoms with Crippen LogP contribution < -0.4 is 5.32 Å². The molecule has 2 aromatic heterocycles. The molecular formula is C21H29F3N6O3. The summed E-state index contributed by atoms with van der Waals surface area (Å²) in [4.78, 5) is 20.0. The van der Waals surface area contributed by atoms with E-state index in [9.17, 15) is 13.2 Å². The summed E-state index contributed by atoms with van der Waals surface area (Å²) >= 11 is 0. The maximum atomic E-state index is 10.6. The summed E-state index contributed by atoms with van der Waals surface area (Å²) < 4.78 is 39.5. The lowest BCUT2D eigenvalue weighted by molar-refractivity contribution is -0.192. The number of alkyl halides is 3. The monoisotopic (exact) mass is 470 g/mol. The van der Waals surface area contributed by atoms with E-state index in [4.69, 9.17) is 19.7 Å². The summed E-state index contributed by atoms with van der Waals surface area (Å²) in [5.41, 5.74) is 3.92. The van der Waals surface area contributed by atoms with Gasteiger partial charge in [-0.2, -0.15) is 18.3 Å². The Balaban J connectivity index is 0.000000383. The van der Waals surface area contributed by atoms with E-state index >= 15 is 0 Å². The van der Waals surface area contributed by atoms with Crippen LogP contribution in [0, 0.1) is 0 Å². The number of carboxylic acid groups (broad SMARTS) is 1. The van der Waals surface area contributed by atoms with Gasteiger partial charge in [-0.05, 0) is 39.2 Å². The second-order valence-electron chi connectivity index (χ2n) is 8.20. The van der Waals surface area contributed by atoms with E-state index in [2.05, 4.69) is 38.7 Å². The zero-order chi connectivity index (χ0) is 24.0. The summed E-state index contributed by atoms with van der Waals surface area (Å²) in [6, 6.07) is 2.83. The zero-order valence-electron chi connectivity index (χ0n) is 18.7. The van der Waals surface area contributed by atoms with Gasteiger partial charge in [0, 0.05) is 56.3 Å². The molecule has 9 nitrogen and oxygen atoms in total. The molecule has 33 heavy (non-hydrogen) atoms. The van der Waals surface area contributed by atoms with Crippen LogP contribution in [-0.2, 0) is 29.0 Å². The molecule has 0 unspecified atom stereocenters. The molecule has 0 radical (unpaired) electrons. The largest absolute Gasteiger partial charge is 0.490 e. The molecular weight excluding hydrogens is 441 g/mol. The third-order valence-corrected chi connectivity index (χ3v) is 5.62. The topological polar surface area (TPSA) is 105 Å². The van der Waals surface area contributed by atoms with Gasteiger partial charge < -0.3 is 15.2 Å². The van der Waals surface area contributed by atoms with Gasteiger partial charge in [0.2, 0.25) is 5.95 Å². The molecule has 0 saturated carbocycles. The number of hydrogen-bond donors (Lipinski definition) is 2. The third-order valence-electron chi connectivity index (χ3n) is 5.62. The third kappa shape index (κ3) is 6.64. The van der Waals surface area contributed by atoms with Crippen molar-refractivity contribution in [3.63, 3.8) is 0 Å². The summed E-state index contributed by atoms with van der Waals surface area (Å²) in [5.74, 6) is -2.10. The summed E-state index contributed by atoms with van der Waals surface area (Å²) in [6.45, 7) is 8.97. The number of carboxylic acids is 1. The number of nitrogens with zero attached hydrogens (tertiary/aromatic N) is 5. The van der Waals surface area contributed by atoms with Gasteiger partial charge in [-0.15, -0.1) is 0 Å². The quantitative estimate of drug-likeness (QED) is 0.687. The molecule has 4 rings (SSSR count). The van der Waals surface area contributed by atoms with Crippen LogP contribution >= 0.6 is 0 Å². The maximum Gasteiger partial charge on any atom is 0.490 e. The van der Waals surface area contributed by atoms with E-state index < -0.39 is 12.1 Å². The van der Waals surface area contributed by atoms with Gasteiger partial charge in [-0.3, -0.25) is 9.58 Å². The normalized spacial score (nSPS) is 17.3. The molecule has 0 amide bonds. The van der Waals surface area contributed by atoms with E-state index in [-0.39, 0.29) is 0 Å². The van der Waals surface area contributed by atoms with E-state index in [1.54, 1.807) is 12.4 Å². The molecule has 2 aliphatic rings. The molecule has 0 atom stereocenters. The van der Waals surface area contributed by atoms with Crippen LogP contribution in [0.5, 0.6) is 0 Å². The van der Waals surface area contributed by atoms with Crippen molar-refractivity contribution in [2.75, 3.05) is 25.1 Å². The molecule has 0 aromatic carbocycles. The summed E-state index contributed by atoms with van der Waals surface area (Å²) in [6.07, 6.45) is 1.77. The lowest BCUT2D eigenvalue weighted by Crippen LogP contribution is -2.43. The van der Waals surface area contributed by atoms with Crippen LogP contribution in [0.1, 0.15) is 49.7 Å². The zero-order valence-corrected chi connectivity index (χ0v) is 18.7. The molecule has 0 bridgehead atoms. The Labute approximate surface area is 190 Å². The van der Waals surface area contributed by atoms with E-state index in [0.717, 1.165) is 51.3 Å². The molecule has 0 aliphatic carbocycles. The second kappa shape index (κ2) is 10.9. The number of halogens is 3. The Morgan fingerprint density at radius 1 is 1.27 bits per heavy atom. The van der Waals surface area contributed by atoms with E-state index in [1.165, 1.54) is 11.3 Å². The SMILES string of the molecule is CC(C)n1nc(CNc2ncccn2)c2c1CN(C1CCOCC1)CC2.O=C(O)C(F)(F)F. The van der Waals surface area contributed by atoms with Crippen LogP contribution in [0.15, 0.2) is 18.5 Å². The number of rotatable bonds is 5. The Bertz CT molecular complexity index is 914. The van der Waals surface area contributed by atoms with Gasteiger partial charge in [-0.25, -0.2) is 14.8 Å². The molecule has 2 aliphatic heterocycles. The minimum Gasteiger partial charge on any atom is -0.475 e. The highest BCUT2D eigenvalue weighted by Crippen LogP contribution is 2.28. The van der Waals surface area contributed by atoms with E-state index in [0.29, 0.717) is 24.6 Å². The smallest absolute Gasteiger partial charge is 0.475 e. The Hall–Kier alpha value is -2.73. The van der Waals surface area contributed by atoms with Gasteiger partial charge in [-0.1, -0.05) is 0 Å². The van der Waals surface area contributed by atoms with Gasteiger partial charge in [0.05, 0.1) is 17.9 Å². The molecule has 1 fully saturated rings. The van der Waals surface area contributed by atoms with Crippen molar-refractivity contribution < 1.29 is 27.8 Å². The predicted octanol–water partition coefficient (Wildman–Crippen LogP) is 3.04. The van der Waals surface area contributed by atoms with Gasteiger partial charge in [0.25, 0.3) is 0 Å². The van der Waals surface area contributed by atoms with Crippen LogP contribution in [0.2, 0.25) is 0 Å². The Morgan fingerprint density at radius 2 is 1.91 bits per heavy atom. The number of nitrogens with one attached hydrogen (secondary N) is 1. The standard InChI is InChI=1S/C19H28N6O.C2HF3O2/c1-14(2)25-18-13-24(15-5-10-26-11-6-15)9-4-16(18)17(23-25)12-22-19-20-7-3-8-21-19;3-2(4,5)1(6)7/h3,7-8,14-15H,4-6,9-13H2,1-2H3,(H,20,21,22);(H,6,7). The molecule has 0 spiro atoms. The van der Waals surface area contributed by atoms with Crippen molar-refractivity contribution in [2.24, 2.45) is 0 Å². The average molecular weight is 470 g/mol. The fourth-order valence-electron chi connectivity index (χ4n) is 4.02. The number of anilines is 1. The number of carbonyl (C=O) groups is 1. The summed E-state index contributed by atoms with van der Waals surface area (Å²) in [7, 11) is 0. The molecule has 2 N–H and O–H groups in total. The van der Waals surface area contributed by atoms with E-state index in [1.807, 2.05) is 6.07 Å². The fourth-order valence-corrected chi connectivity index (χ4v) is 4.02. The fraction of sp³-hybridized carbons (Fsp3) is 0.619. The number of fused-ring (bicyclic) bond motifs is 1. The van der Waals surface area contributed by atoms with Crippen molar-refractivity contribution in [2.45, 2.75) is 64.5 Å². The van der Waals surface area contributed by atoms with Gasteiger partial charge >= 0.3 is 12.1 Å². The minimum absolute atomic E-state index is 0.361. The van der Waals surface area contributed by atoms with Crippen LogP contribution in [0.4, 0.5) is 19.1 Å². The lowest BCUT2D eigenvalue weighted by Gasteiger charge is -2.37. The highest BCUT2D eigenvalue weighted by molar-refractivity contribution is 5.73. The number of aromatic nitrogens is 4. The molecule has 2 aromatic rings. The first-order chi connectivity index (χ1) is 15.7. The lowest BCUT2D eigenvalue weighted by atomic mass is 9.99. The highest BCUT2D eigenvalue weighted by Gasteiger charge is 2.38. The van der Waals surface area contributed by atoms with Crippen molar-refractivity contribution in [1.29, 1.82) is 0 Å². The molecule has 12 heteroatoms. The average Bonchev–Trinajstić information content (AvgIpc) is 3.17. The van der Waals surface area contributed by atoms with Crippen LogP contribution in [0.25, 0.3) is 0 Å². The van der Waals surface area contributed by atoms with Crippen molar-refractivity contribution in [1.82, 2.24) is 24.6 Å². The van der Waals surface area contributed by atoms with Crippen molar-refractivity contribution >= 4 is 11.9 Å². The first-order valence-corrected chi connectivity index (χ1v) is 10.9. The predicted molar refractivity (Wildman–Crippen MR) is 114 cm³/mol. The van der Waals surface area contributed by atoms with Gasteiger partial charge in [0.15, 0.2) is 0 Å². The summed E-state index contributed by atoms with van der Waals surface area (Å²) in [5, 5.41) is 15.4. The number of hydrogen-bond acceptors (Lipinski definition) is 7. The van der Waals surface area contributed by atoms with Gasteiger partial charge in [0.1, 0.15) is 0 Å². The Kier molecular flexibility index (Phi) is 8.25. The first-order valence-electron chi connectivity index (χ1n) is 10.9. The van der Waals surface area contributed by atoms with Crippen molar-refractivity contribution in [3.8, 4) is 0 Å².